The fourth-order valence-electron chi connectivity index (χ4n) is 4.60. The number of hydrogen-bond acceptors (Lipinski definition) is 6. The summed E-state index contributed by atoms with van der Waals surface area (Å²) in [4.78, 5) is 17.5. The molecule has 1 aromatic rings. The first-order valence-electron chi connectivity index (χ1n) is 11.3. The van der Waals surface area contributed by atoms with Gasteiger partial charge in [-0.05, 0) is 57.4 Å². The molecule has 2 saturated heterocycles. The molecule has 2 heterocycles. The molecule has 0 aromatic heterocycles. The quantitative estimate of drug-likeness (QED) is 0.627. The lowest BCUT2D eigenvalue weighted by molar-refractivity contribution is -0.186. The molecule has 1 aromatic carbocycles. The summed E-state index contributed by atoms with van der Waals surface area (Å²) >= 11 is 0. The molecule has 2 aliphatic rings. The molecule has 2 aliphatic heterocycles. The number of morpholine rings is 1. The third-order valence-corrected chi connectivity index (χ3v) is 6.10. The van der Waals surface area contributed by atoms with Gasteiger partial charge in [-0.3, -0.25) is 9.69 Å². The number of rotatable bonds is 8. The third kappa shape index (κ3) is 6.19. The molecule has 0 bridgehead atoms. The fourth-order valence-corrected chi connectivity index (χ4v) is 4.60. The first-order chi connectivity index (χ1) is 14.9. The highest BCUT2D eigenvalue weighted by Gasteiger charge is 2.43. The number of nitrogens with zero attached hydrogens (tertiary/aromatic N) is 2. The highest BCUT2D eigenvalue weighted by atomic mass is 16.5. The number of methoxy groups -OCH3 is 2. The van der Waals surface area contributed by atoms with Gasteiger partial charge < -0.3 is 23.8 Å². The molecule has 0 aliphatic carbocycles. The van der Waals surface area contributed by atoms with E-state index in [1.54, 1.807) is 14.2 Å². The van der Waals surface area contributed by atoms with E-state index in [2.05, 4.69) is 4.90 Å². The zero-order chi connectivity index (χ0) is 22.4. The van der Waals surface area contributed by atoms with Crippen molar-refractivity contribution in [1.82, 2.24) is 9.80 Å². The topological polar surface area (TPSA) is 60.5 Å². The van der Waals surface area contributed by atoms with Crippen LogP contribution in [-0.2, 0) is 14.2 Å². The number of carbonyl (C=O) groups excluding carboxylic acids is 1. The smallest absolute Gasteiger partial charge is 0.253 e. The van der Waals surface area contributed by atoms with Gasteiger partial charge in [0.2, 0.25) is 0 Å². The zero-order valence-electron chi connectivity index (χ0n) is 19.7. The number of piperidine rings is 1. The Kier molecular flexibility index (Phi) is 8.33. The van der Waals surface area contributed by atoms with E-state index >= 15 is 0 Å². The second-order valence-corrected chi connectivity index (χ2v) is 9.05. The number of benzene rings is 1. The minimum absolute atomic E-state index is 0.0500. The van der Waals surface area contributed by atoms with Crippen molar-refractivity contribution in [3.8, 4) is 5.75 Å². The van der Waals surface area contributed by atoms with Crippen molar-refractivity contribution >= 4 is 5.91 Å². The molecule has 0 radical (unpaired) electrons. The van der Waals surface area contributed by atoms with E-state index in [1.807, 2.05) is 43.9 Å². The maximum atomic E-state index is 13.1. The van der Waals surface area contributed by atoms with E-state index in [-0.39, 0.29) is 23.7 Å². The van der Waals surface area contributed by atoms with Crippen LogP contribution in [0.15, 0.2) is 18.2 Å². The summed E-state index contributed by atoms with van der Waals surface area (Å²) < 4.78 is 23.0. The first kappa shape index (κ1) is 24.0. The average Bonchev–Trinajstić information content (AvgIpc) is 2.73. The summed E-state index contributed by atoms with van der Waals surface area (Å²) in [7, 11) is 3.45. The SMILES string of the molecule is COCCN1CC(COC)OC2(CCN(C(=O)c3ccc(OC(C)C)c(C)c3)CC2)C1. The fraction of sp³-hybridized carbons (Fsp3) is 0.708. The standard InChI is InChI=1S/C24H38N2O5/c1-18(2)30-22-7-6-20(14-19(22)3)23(27)26-10-8-24(9-11-26)17-25(12-13-28-4)15-21(31-24)16-29-5/h6-7,14,18,21H,8-13,15-17H2,1-5H3. The van der Waals surface area contributed by atoms with Crippen LogP contribution in [0.2, 0.25) is 0 Å². The van der Waals surface area contributed by atoms with Gasteiger partial charge in [0.15, 0.2) is 0 Å². The number of aryl methyl sites for hydroxylation is 1. The molecule has 7 heteroatoms. The summed E-state index contributed by atoms with van der Waals surface area (Å²) in [6, 6.07) is 5.71. The van der Waals surface area contributed by atoms with E-state index in [0.717, 1.165) is 43.8 Å². The van der Waals surface area contributed by atoms with Crippen LogP contribution in [0, 0.1) is 6.92 Å². The largest absolute Gasteiger partial charge is 0.491 e. The van der Waals surface area contributed by atoms with Crippen molar-refractivity contribution in [1.29, 1.82) is 0 Å². The second kappa shape index (κ2) is 10.8. The predicted octanol–water partition coefficient (Wildman–Crippen LogP) is 2.75. The highest BCUT2D eigenvalue weighted by Crippen LogP contribution is 2.33. The Morgan fingerprint density at radius 1 is 1.23 bits per heavy atom. The lowest BCUT2D eigenvalue weighted by atomic mass is 9.88. The van der Waals surface area contributed by atoms with Gasteiger partial charge in [0, 0.05) is 52.5 Å². The Hall–Kier alpha value is -1.67. The van der Waals surface area contributed by atoms with Gasteiger partial charge in [-0.15, -0.1) is 0 Å². The van der Waals surface area contributed by atoms with Crippen LogP contribution in [0.3, 0.4) is 0 Å². The molecule has 1 amide bonds. The Bertz CT molecular complexity index is 731. The Morgan fingerprint density at radius 2 is 1.97 bits per heavy atom. The van der Waals surface area contributed by atoms with Crippen molar-refractivity contribution in [2.45, 2.75) is 51.4 Å². The van der Waals surface area contributed by atoms with E-state index in [0.29, 0.717) is 31.9 Å². The number of ether oxygens (including phenoxy) is 4. The molecular weight excluding hydrogens is 396 g/mol. The average molecular weight is 435 g/mol. The summed E-state index contributed by atoms with van der Waals surface area (Å²) in [6.07, 6.45) is 1.82. The second-order valence-electron chi connectivity index (χ2n) is 9.05. The van der Waals surface area contributed by atoms with Gasteiger partial charge in [0.05, 0.1) is 31.0 Å². The summed E-state index contributed by atoms with van der Waals surface area (Å²) in [5.41, 5.74) is 1.48. The number of hydrogen-bond donors (Lipinski definition) is 0. The van der Waals surface area contributed by atoms with Crippen LogP contribution >= 0.6 is 0 Å². The monoisotopic (exact) mass is 434 g/mol. The third-order valence-electron chi connectivity index (χ3n) is 6.10. The number of amides is 1. The highest BCUT2D eigenvalue weighted by molar-refractivity contribution is 5.94. The van der Waals surface area contributed by atoms with Crippen molar-refractivity contribution in [2.24, 2.45) is 0 Å². The van der Waals surface area contributed by atoms with Gasteiger partial charge in [0.1, 0.15) is 5.75 Å². The van der Waals surface area contributed by atoms with E-state index in [1.165, 1.54) is 0 Å². The van der Waals surface area contributed by atoms with Gasteiger partial charge in [-0.25, -0.2) is 0 Å². The molecule has 2 fully saturated rings. The minimum atomic E-state index is -0.225. The van der Waals surface area contributed by atoms with Crippen molar-refractivity contribution in [2.75, 3.05) is 60.2 Å². The number of carbonyl (C=O) groups is 1. The number of likely N-dealkylation sites (tertiary alicyclic amines) is 1. The molecule has 0 saturated carbocycles. The molecule has 1 unspecified atom stereocenters. The lowest BCUT2D eigenvalue weighted by Crippen LogP contribution is -2.61. The van der Waals surface area contributed by atoms with E-state index < -0.39 is 0 Å². The predicted molar refractivity (Wildman–Crippen MR) is 120 cm³/mol. The molecule has 7 nitrogen and oxygen atoms in total. The van der Waals surface area contributed by atoms with Gasteiger partial charge in [0.25, 0.3) is 5.91 Å². The maximum Gasteiger partial charge on any atom is 0.253 e. The van der Waals surface area contributed by atoms with Crippen molar-refractivity contribution in [3.63, 3.8) is 0 Å². The first-order valence-corrected chi connectivity index (χ1v) is 11.3. The summed E-state index contributed by atoms with van der Waals surface area (Å²) in [6.45, 7) is 11.3. The maximum absolute atomic E-state index is 13.1. The summed E-state index contributed by atoms with van der Waals surface area (Å²) in [5, 5.41) is 0. The Labute approximate surface area is 186 Å². The molecule has 0 N–H and O–H groups in total. The minimum Gasteiger partial charge on any atom is -0.491 e. The van der Waals surface area contributed by atoms with Crippen LogP contribution in [0.5, 0.6) is 5.75 Å². The Morgan fingerprint density at radius 3 is 2.58 bits per heavy atom. The van der Waals surface area contributed by atoms with Crippen LogP contribution in [0.25, 0.3) is 0 Å². The van der Waals surface area contributed by atoms with Crippen molar-refractivity contribution in [3.05, 3.63) is 29.3 Å². The van der Waals surface area contributed by atoms with Gasteiger partial charge >= 0.3 is 0 Å². The Balaban J connectivity index is 1.63. The van der Waals surface area contributed by atoms with Crippen LogP contribution < -0.4 is 4.74 Å². The molecule has 3 rings (SSSR count). The van der Waals surface area contributed by atoms with E-state index in [4.69, 9.17) is 18.9 Å². The lowest BCUT2D eigenvalue weighted by Gasteiger charge is -2.50. The van der Waals surface area contributed by atoms with Gasteiger partial charge in [-0.2, -0.15) is 0 Å². The molecule has 174 valence electrons. The van der Waals surface area contributed by atoms with Gasteiger partial charge in [-0.1, -0.05) is 0 Å². The van der Waals surface area contributed by atoms with E-state index in [9.17, 15) is 4.79 Å². The zero-order valence-corrected chi connectivity index (χ0v) is 19.7. The molecule has 31 heavy (non-hydrogen) atoms. The normalized spacial score (nSPS) is 21.6. The van der Waals surface area contributed by atoms with Crippen LogP contribution in [-0.4, -0.2) is 93.7 Å². The molecule has 1 spiro atoms. The summed E-state index contributed by atoms with van der Waals surface area (Å²) in [5.74, 6) is 0.912. The van der Waals surface area contributed by atoms with Crippen molar-refractivity contribution < 1.29 is 23.7 Å². The molecular formula is C24H38N2O5. The van der Waals surface area contributed by atoms with Crippen LogP contribution in [0.4, 0.5) is 0 Å². The van der Waals surface area contributed by atoms with Crippen LogP contribution in [0.1, 0.15) is 42.6 Å². The molecule has 1 atom stereocenters.